The van der Waals surface area contributed by atoms with E-state index in [1.807, 2.05) is 0 Å². The molecule has 3 nitrogen and oxygen atoms in total. The Kier molecular flexibility index (Phi) is 1.81. The Morgan fingerprint density at radius 1 is 1.31 bits per heavy atom. The number of ether oxygens (including phenoxy) is 1. The van der Waals surface area contributed by atoms with E-state index in [0.717, 1.165) is 0 Å². The highest BCUT2D eigenvalue weighted by Gasteiger charge is 2.07. The monoisotopic (exact) mass is 178 g/mol. The van der Waals surface area contributed by atoms with Crippen LogP contribution in [0.4, 0.5) is 4.39 Å². The predicted molar refractivity (Wildman–Crippen MR) is 46.0 cm³/mol. The summed E-state index contributed by atoms with van der Waals surface area (Å²) in [5.74, 6) is -0.0990. The lowest BCUT2D eigenvalue weighted by molar-refractivity contribution is 0.401. The Hall–Kier alpha value is -1.71. The zero-order chi connectivity index (χ0) is 9.26. The quantitative estimate of drug-likeness (QED) is 0.667. The van der Waals surface area contributed by atoms with Crippen molar-refractivity contribution < 1.29 is 9.13 Å². The summed E-state index contributed by atoms with van der Waals surface area (Å²) in [4.78, 5) is 7.73. The van der Waals surface area contributed by atoms with Gasteiger partial charge in [-0.1, -0.05) is 6.07 Å². The van der Waals surface area contributed by atoms with E-state index >= 15 is 0 Å². The normalized spacial score (nSPS) is 10.3. The molecule has 2 rings (SSSR count). The third-order valence-corrected chi connectivity index (χ3v) is 1.77. The molecule has 4 heteroatoms. The van der Waals surface area contributed by atoms with Gasteiger partial charge < -0.3 is 4.74 Å². The van der Waals surface area contributed by atoms with Crippen LogP contribution in [0.2, 0.25) is 0 Å². The van der Waals surface area contributed by atoms with E-state index in [9.17, 15) is 4.39 Å². The number of hydrogen-bond acceptors (Lipinski definition) is 3. The van der Waals surface area contributed by atoms with Crippen molar-refractivity contribution in [2.24, 2.45) is 0 Å². The maximum Gasteiger partial charge on any atom is 0.227 e. The first-order chi connectivity index (χ1) is 6.33. The van der Waals surface area contributed by atoms with Gasteiger partial charge in [-0.05, 0) is 12.1 Å². The number of fused-ring (bicyclic) bond motifs is 1. The molecule has 0 spiro atoms. The third-order valence-electron chi connectivity index (χ3n) is 1.77. The van der Waals surface area contributed by atoms with E-state index in [4.69, 9.17) is 4.74 Å². The molecule has 0 aliphatic rings. The van der Waals surface area contributed by atoms with Gasteiger partial charge in [-0.25, -0.2) is 14.4 Å². The van der Waals surface area contributed by atoms with Gasteiger partial charge >= 0.3 is 0 Å². The highest BCUT2D eigenvalue weighted by molar-refractivity contribution is 5.83. The largest absolute Gasteiger partial charge is 0.480 e. The molecule has 1 heterocycles. The van der Waals surface area contributed by atoms with Crippen LogP contribution in [-0.2, 0) is 0 Å². The molecule has 0 atom stereocenters. The van der Waals surface area contributed by atoms with Gasteiger partial charge in [0.15, 0.2) is 0 Å². The lowest BCUT2D eigenvalue weighted by Crippen LogP contribution is -1.92. The molecule has 13 heavy (non-hydrogen) atoms. The van der Waals surface area contributed by atoms with Crippen molar-refractivity contribution in [2.45, 2.75) is 0 Å². The maximum absolute atomic E-state index is 13.3. The van der Waals surface area contributed by atoms with Crippen molar-refractivity contribution in [3.05, 3.63) is 30.3 Å². The van der Waals surface area contributed by atoms with Gasteiger partial charge in [0.1, 0.15) is 12.1 Å². The number of rotatable bonds is 1. The van der Waals surface area contributed by atoms with E-state index in [1.54, 1.807) is 12.1 Å². The van der Waals surface area contributed by atoms with E-state index in [2.05, 4.69) is 9.97 Å². The zero-order valence-electron chi connectivity index (χ0n) is 6.99. The summed E-state index contributed by atoms with van der Waals surface area (Å²) < 4.78 is 18.2. The number of nitrogens with zero attached hydrogens (tertiary/aromatic N) is 2. The molecule has 0 aliphatic heterocycles. The SMILES string of the molecule is COc1ncnc2cccc(F)c12. The highest BCUT2D eigenvalue weighted by atomic mass is 19.1. The minimum atomic E-state index is -0.366. The van der Waals surface area contributed by atoms with Gasteiger partial charge in [-0.2, -0.15) is 0 Å². The van der Waals surface area contributed by atoms with Gasteiger partial charge in [0.2, 0.25) is 5.88 Å². The standard InChI is InChI=1S/C9H7FN2O/c1-13-9-8-6(10)3-2-4-7(8)11-5-12-9/h2-5H,1H3. The summed E-state index contributed by atoms with van der Waals surface area (Å²) in [5.41, 5.74) is 0.548. The van der Waals surface area contributed by atoms with Crippen molar-refractivity contribution in [1.29, 1.82) is 0 Å². The highest BCUT2D eigenvalue weighted by Crippen LogP contribution is 2.23. The summed E-state index contributed by atoms with van der Waals surface area (Å²) >= 11 is 0. The molecule has 0 amide bonds. The zero-order valence-corrected chi connectivity index (χ0v) is 6.99. The summed E-state index contributed by atoms with van der Waals surface area (Å²) in [5, 5.41) is 0.326. The Morgan fingerprint density at radius 2 is 2.15 bits per heavy atom. The van der Waals surface area contributed by atoms with Crippen molar-refractivity contribution in [1.82, 2.24) is 9.97 Å². The fraction of sp³-hybridized carbons (Fsp3) is 0.111. The molecule has 1 aromatic carbocycles. The van der Waals surface area contributed by atoms with E-state index in [-0.39, 0.29) is 11.7 Å². The fourth-order valence-corrected chi connectivity index (χ4v) is 1.19. The van der Waals surface area contributed by atoms with Crippen LogP contribution in [0.15, 0.2) is 24.5 Å². The first-order valence-electron chi connectivity index (χ1n) is 3.76. The number of methoxy groups -OCH3 is 1. The molecule has 0 fully saturated rings. The second-order valence-corrected chi connectivity index (χ2v) is 2.52. The third kappa shape index (κ3) is 1.20. The molecule has 2 aromatic rings. The van der Waals surface area contributed by atoms with Crippen LogP contribution in [0.5, 0.6) is 5.88 Å². The molecule has 0 unspecified atom stereocenters. The first-order valence-corrected chi connectivity index (χ1v) is 3.76. The Morgan fingerprint density at radius 3 is 2.92 bits per heavy atom. The topological polar surface area (TPSA) is 35.0 Å². The second kappa shape index (κ2) is 2.97. The summed E-state index contributed by atoms with van der Waals surface area (Å²) in [7, 11) is 1.45. The molecule has 0 N–H and O–H groups in total. The van der Waals surface area contributed by atoms with Gasteiger partial charge in [0, 0.05) is 0 Å². The molecule has 0 aliphatic carbocycles. The predicted octanol–water partition coefficient (Wildman–Crippen LogP) is 1.78. The van der Waals surface area contributed by atoms with Crippen LogP contribution < -0.4 is 4.74 Å². The Balaban J connectivity index is 2.87. The lowest BCUT2D eigenvalue weighted by Gasteiger charge is -2.02. The number of benzene rings is 1. The first kappa shape index (κ1) is 7.91. The van der Waals surface area contributed by atoms with E-state index in [1.165, 1.54) is 19.5 Å². The maximum atomic E-state index is 13.3. The molecule has 0 radical (unpaired) electrons. The lowest BCUT2D eigenvalue weighted by atomic mass is 10.2. The molecule has 0 saturated heterocycles. The molecular weight excluding hydrogens is 171 g/mol. The minimum absolute atomic E-state index is 0.267. The van der Waals surface area contributed by atoms with Crippen LogP contribution in [0.1, 0.15) is 0 Å². The molecular formula is C9H7FN2O. The van der Waals surface area contributed by atoms with Crippen molar-refractivity contribution >= 4 is 10.9 Å². The van der Waals surface area contributed by atoms with Gasteiger partial charge in [0.25, 0.3) is 0 Å². The van der Waals surface area contributed by atoms with Gasteiger partial charge in [-0.3, -0.25) is 0 Å². The van der Waals surface area contributed by atoms with Gasteiger partial charge in [0.05, 0.1) is 18.0 Å². The van der Waals surface area contributed by atoms with Crippen LogP contribution in [0, 0.1) is 5.82 Å². The minimum Gasteiger partial charge on any atom is -0.480 e. The second-order valence-electron chi connectivity index (χ2n) is 2.52. The number of hydrogen-bond donors (Lipinski definition) is 0. The Labute approximate surface area is 74.2 Å². The average Bonchev–Trinajstić information content (AvgIpc) is 2.17. The van der Waals surface area contributed by atoms with Crippen molar-refractivity contribution in [3.8, 4) is 5.88 Å². The molecule has 0 saturated carbocycles. The average molecular weight is 178 g/mol. The van der Waals surface area contributed by atoms with E-state index in [0.29, 0.717) is 10.9 Å². The van der Waals surface area contributed by atoms with Crippen LogP contribution >= 0.6 is 0 Å². The fourth-order valence-electron chi connectivity index (χ4n) is 1.19. The number of aromatic nitrogens is 2. The summed E-state index contributed by atoms with van der Waals surface area (Å²) in [6.45, 7) is 0. The molecule has 0 bridgehead atoms. The van der Waals surface area contributed by atoms with Crippen LogP contribution in [0.25, 0.3) is 10.9 Å². The van der Waals surface area contributed by atoms with Crippen molar-refractivity contribution in [3.63, 3.8) is 0 Å². The van der Waals surface area contributed by atoms with Crippen LogP contribution in [0.3, 0.4) is 0 Å². The Bertz CT molecular complexity index is 439. The molecule has 1 aromatic heterocycles. The van der Waals surface area contributed by atoms with Crippen molar-refractivity contribution in [2.75, 3.05) is 7.11 Å². The number of halogens is 1. The van der Waals surface area contributed by atoms with Gasteiger partial charge in [-0.15, -0.1) is 0 Å². The van der Waals surface area contributed by atoms with Crippen LogP contribution in [-0.4, -0.2) is 17.1 Å². The molecule has 66 valence electrons. The smallest absolute Gasteiger partial charge is 0.227 e. The van der Waals surface area contributed by atoms with E-state index < -0.39 is 0 Å². The summed E-state index contributed by atoms with van der Waals surface area (Å²) in [6, 6.07) is 4.67. The summed E-state index contributed by atoms with van der Waals surface area (Å²) in [6.07, 6.45) is 1.35.